The second kappa shape index (κ2) is 5.83. The van der Waals surface area contributed by atoms with Crippen LogP contribution in [0, 0.1) is 12.7 Å². The second-order valence-corrected chi connectivity index (χ2v) is 4.28. The number of halogens is 2. The topological polar surface area (TPSA) is 61.3 Å². The number of rotatable bonds is 3. The van der Waals surface area contributed by atoms with Crippen LogP contribution in [0.15, 0.2) is 24.3 Å². The molecule has 0 aliphatic rings. The van der Waals surface area contributed by atoms with Crippen LogP contribution in [-0.2, 0) is 4.74 Å². The Bertz CT molecular complexity index is 664. The van der Waals surface area contributed by atoms with E-state index in [0.717, 1.165) is 0 Å². The van der Waals surface area contributed by atoms with Crippen molar-refractivity contribution in [2.75, 3.05) is 7.11 Å². The van der Waals surface area contributed by atoms with Gasteiger partial charge in [-0.15, -0.1) is 10.2 Å². The Morgan fingerprint density at radius 1 is 1.30 bits per heavy atom. The van der Waals surface area contributed by atoms with E-state index in [1.165, 1.54) is 31.4 Å². The number of carbonyl (C=O) groups is 1. The number of hydrogen-bond acceptors (Lipinski definition) is 5. The van der Waals surface area contributed by atoms with Crippen molar-refractivity contribution in [2.24, 2.45) is 0 Å². The monoisotopic (exact) mass is 296 g/mol. The van der Waals surface area contributed by atoms with E-state index in [4.69, 9.17) is 16.3 Å². The van der Waals surface area contributed by atoms with Crippen LogP contribution >= 0.6 is 11.6 Å². The van der Waals surface area contributed by atoms with E-state index < -0.39 is 5.97 Å². The minimum atomic E-state index is -0.656. The summed E-state index contributed by atoms with van der Waals surface area (Å²) >= 11 is 5.69. The summed E-state index contributed by atoms with van der Waals surface area (Å²) in [7, 11) is 1.23. The third kappa shape index (κ3) is 3.03. The van der Waals surface area contributed by atoms with Gasteiger partial charge in [-0.3, -0.25) is 0 Å². The molecule has 0 saturated carbocycles. The number of aryl methyl sites for hydroxylation is 1. The molecule has 2 rings (SSSR count). The van der Waals surface area contributed by atoms with E-state index in [-0.39, 0.29) is 22.4 Å². The van der Waals surface area contributed by atoms with Gasteiger partial charge >= 0.3 is 5.97 Å². The molecule has 1 aromatic heterocycles. The molecule has 0 saturated heterocycles. The van der Waals surface area contributed by atoms with Gasteiger partial charge in [0.25, 0.3) is 5.88 Å². The Kier molecular flexibility index (Phi) is 4.14. The van der Waals surface area contributed by atoms with Crippen LogP contribution in [0.3, 0.4) is 0 Å². The van der Waals surface area contributed by atoms with Gasteiger partial charge in [0.1, 0.15) is 17.1 Å². The molecule has 0 unspecified atom stereocenters. The molecule has 104 valence electrons. The Labute approximate surface area is 119 Å². The Hall–Kier alpha value is -2.21. The first-order chi connectivity index (χ1) is 9.51. The summed E-state index contributed by atoms with van der Waals surface area (Å²) in [6.45, 7) is 1.67. The fraction of sp³-hybridized carbons (Fsp3) is 0.154. The number of aromatic nitrogens is 2. The summed E-state index contributed by atoms with van der Waals surface area (Å²) in [5.74, 6) is -0.745. The van der Waals surface area contributed by atoms with Crippen LogP contribution < -0.4 is 4.74 Å². The van der Waals surface area contributed by atoms with Gasteiger partial charge in [0.2, 0.25) is 0 Å². The minimum absolute atomic E-state index is 0.0357. The van der Waals surface area contributed by atoms with Crippen molar-refractivity contribution in [3.05, 3.63) is 46.4 Å². The number of nitrogens with zero attached hydrogens (tertiary/aromatic N) is 2. The molecule has 1 heterocycles. The summed E-state index contributed by atoms with van der Waals surface area (Å²) < 4.78 is 23.1. The average Bonchev–Trinajstić information content (AvgIpc) is 2.42. The van der Waals surface area contributed by atoms with Gasteiger partial charge in [0.15, 0.2) is 5.15 Å². The molecule has 1 aromatic carbocycles. The molecule has 0 N–H and O–H groups in total. The molecular formula is C13H10ClFN2O3. The third-order valence-corrected chi connectivity index (χ3v) is 2.66. The molecule has 7 heteroatoms. The predicted octanol–water partition coefficient (Wildman–Crippen LogP) is 3.16. The lowest BCUT2D eigenvalue weighted by atomic mass is 10.2. The number of benzene rings is 1. The van der Waals surface area contributed by atoms with E-state index in [1.54, 1.807) is 6.92 Å². The Morgan fingerprint density at radius 3 is 2.70 bits per heavy atom. The van der Waals surface area contributed by atoms with Gasteiger partial charge in [0.05, 0.1) is 7.11 Å². The normalized spacial score (nSPS) is 10.2. The number of ether oxygens (including phenoxy) is 2. The fourth-order valence-corrected chi connectivity index (χ4v) is 1.67. The summed E-state index contributed by atoms with van der Waals surface area (Å²) in [4.78, 5) is 11.6. The zero-order chi connectivity index (χ0) is 14.7. The molecule has 0 bridgehead atoms. The first-order valence-corrected chi connectivity index (χ1v) is 5.94. The van der Waals surface area contributed by atoms with Crippen LogP contribution in [-0.4, -0.2) is 23.3 Å². The molecular weight excluding hydrogens is 287 g/mol. The van der Waals surface area contributed by atoms with Crippen molar-refractivity contribution < 1.29 is 18.7 Å². The summed E-state index contributed by atoms with van der Waals surface area (Å²) in [6.07, 6.45) is 0. The van der Waals surface area contributed by atoms with Crippen molar-refractivity contribution in [1.29, 1.82) is 0 Å². The van der Waals surface area contributed by atoms with Crippen molar-refractivity contribution in [3.8, 4) is 11.6 Å². The lowest BCUT2D eigenvalue weighted by Crippen LogP contribution is -2.06. The predicted molar refractivity (Wildman–Crippen MR) is 69.6 cm³/mol. The highest BCUT2D eigenvalue weighted by Crippen LogP contribution is 2.27. The molecule has 0 fully saturated rings. The zero-order valence-corrected chi connectivity index (χ0v) is 11.4. The molecule has 0 spiro atoms. The highest BCUT2D eigenvalue weighted by molar-refractivity contribution is 6.29. The molecule has 5 nitrogen and oxygen atoms in total. The number of esters is 1. The van der Waals surface area contributed by atoms with Gasteiger partial charge in [-0.2, -0.15) is 0 Å². The first-order valence-electron chi connectivity index (χ1n) is 5.57. The van der Waals surface area contributed by atoms with E-state index in [2.05, 4.69) is 14.9 Å². The molecule has 0 amide bonds. The molecule has 0 atom stereocenters. The highest BCUT2D eigenvalue weighted by atomic mass is 35.5. The molecule has 0 radical (unpaired) electrons. The van der Waals surface area contributed by atoms with Crippen LogP contribution in [0.1, 0.15) is 15.9 Å². The standard InChI is InChI=1S/C13H10ClFN2O3/c1-7-5-8(15)3-4-10(7)20-12-9(13(18)19-2)6-11(14)16-17-12/h3-6H,1-2H3. The largest absolute Gasteiger partial charge is 0.465 e. The highest BCUT2D eigenvalue weighted by Gasteiger charge is 2.18. The van der Waals surface area contributed by atoms with E-state index in [9.17, 15) is 9.18 Å². The molecule has 2 aromatic rings. The summed E-state index contributed by atoms with van der Waals surface area (Å²) in [5.41, 5.74) is 0.591. The maximum Gasteiger partial charge on any atom is 0.343 e. The smallest absolute Gasteiger partial charge is 0.343 e. The summed E-state index contributed by atoms with van der Waals surface area (Å²) in [6, 6.07) is 5.26. The lowest BCUT2D eigenvalue weighted by molar-refractivity contribution is 0.0596. The number of methoxy groups -OCH3 is 1. The fourth-order valence-electron chi connectivity index (χ4n) is 1.52. The van der Waals surface area contributed by atoms with Crippen molar-refractivity contribution in [3.63, 3.8) is 0 Å². The third-order valence-electron chi connectivity index (χ3n) is 2.48. The first kappa shape index (κ1) is 14.2. The van der Waals surface area contributed by atoms with E-state index in [1.807, 2.05) is 0 Å². The zero-order valence-electron chi connectivity index (χ0n) is 10.7. The van der Waals surface area contributed by atoms with Crippen molar-refractivity contribution in [1.82, 2.24) is 10.2 Å². The van der Waals surface area contributed by atoms with Gasteiger partial charge < -0.3 is 9.47 Å². The minimum Gasteiger partial charge on any atom is -0.465 e. The molecule has 0 aliphatic heterocycles. The number of carbonyl (C=O) groups excluding carboxylic acids is 1. The van der Waals surface area contributed by atoms with Gasteiger partial charge in [0, 0.05) is 0 Å². The SMILES string of the molecule is COC(=O)c1cc(Cl)nnc1Oc1ccc(F)cc1C. The van der Waals surface area contributed by atoms with E-state index >= 15 is 0 Å². The maximum atomic E-state index is 13.0. The van der Waals surface area contributed by atoms with Gasteiger partial charge in [-0.1, -0.05) is 11.6 Å². The second-order valence-electron chi connectivity index (χ2n) is 3.89. The van der Waals surface area contributed by atoms with Crippen LogP contribution in [0.4, 0.5) is 4.39 Å². The lowest BCUT2D eigenvalue weighted by Gasteiger charge is -2.10. The number of hydrogen-bond donors (Lipinski definition) is 0. The molecule has 20 heavy (non-hydrogen) atoms. The van der Waals surface area contributed by atoms with Crippen LogP contribution in [0.2, 0.25) is 5.15 Å². The quantitative estimate of drug-likeness (QED) is 0.814. The average molecular weight is 297 g/mol. The Morgan fingerprint density at radius 2 is 2.05 bits per heavy atom. The van der Waals surface area contributed by atoms with Gasteiger partial charge in [-0.05, 0) is 36.8 Å². The van der Waals surface area contributed by atoms with Crippen molar-refractivity contribution in [2.45, 2.75) is 6.92 Å². The maximum absolute atomic E-state index is 13.0. The van der Waals surface area contributed by atoms with Crippen LogP contribution in [0.25, 0.3) is 0 Å². The Balaban J connectivity index is 2.40. The van der Waals surface area contributed by atoms with Crippen molar-refractivity contribution >= 4 is 17.6 Å². The van der Waals surface area contributed by atoms with E-state index in [0.29, 0.717) is 11.3 Å². The van der Waals surface area contributed by atoms with Gasteiger partial charge in [-0.25, -0.2) is 9.18 Å². The molecule has 0 aliphatic carbocycles. The van der Waals surface area contributed by atoms with Crippen LogP contribution in [0.5, 0.6) is 11.6 Å². The summed E-state index contributed by atoms with van der Waals surface area (Å²) in [5, 5.41) is 7.35.